The van der Waals surface area contributed by atoms with Crippen molar-refractivity contribution in [1.29, 1.82) is 0 Å². The molecule has 2 nitrogen and oxygen atoms in total. The first-order valence-electron chi connectivity index (χ1n) is 5.05. The second kappa shape index (κ2) is 3.88. The van der Waals surface area contributed by atoms with Crippen molar-refractivity contribution in [1.82, 2.24) is 10.3 Å². The van der Waals surface area contributed by atoms with Crippen molar-refractivity contribution in [2.45, 2.75) is 25.7 Å². The summed E-state index contributed by atoms with van der Waals surface area (Å²) in [5.41, 5.74) is 2.92. The Labute approximate surface area is 79.4 Å². The second-order valence-electron chi connectivity index (χ2n) is 3.62. The lowest BCUT2D eigenvalue weighted by Gasteiger charge is -2.12. The van der Waals surface area contributed by atoms with Crippen LogP contribution >= 0.6 is 0 Å². The summed E-state index contributed by atoms with van der Waals surface area (Å²) in [6.45, 7) is 4.50. The first-order valence-corrected chi connectivity index (χ1v) is 5.05. The van der Waals surface area contributed by atoms with Crippen LogP contribution in [-0.4, -0.2) is 18.1 Å². The van der Waals surface area contributed by atoms with Crippen molar-refractivity contribution in [2.24, 2.45) is 0 Å². The maximum Gasteiger partial charge on any atom is 0.0302 e. The minimum absolute atomic E-state index is 0.720. The van der Waals surface area contributed by atoms with Crippen LogP contribution in [-0.2, 0) is 6.42 Å². The molecule has 1 aliphatic heterocycles. The molecule has 1 atom stereocenters. The van der Waals surface area contributed by atoms with Gasteiger partial charge in [0.1, 0.15) is 0 Å². The van der Waals surface area contributed by atoms with Gasteiger partial charge in [0.2, 0.25) is 0 Å². The van der Waals surface area contributed by atoms with E-state index >= 15 is 0 Å². The molecule has 13 heavy (non-hydrogen) atoms. The number of hydrogen-bond donors (Lipinski definition) is 1. The fourth-order valence-electron chi connectivity index (χ4n) is 2.05. The molecular weight excluding hydrogens is 160 g/mol. The molecule has 0 bridgehead atoms. The fraction of sp³-hybridized carbons (Fsp3) is 0.545. The molecule has 2 heterocycles. The van der Waals surface area contributed by atoms with Crippen molar-refractivity contribution in [3.63, 3.8) is 0 Å². The Morgan fingerprint density at radius 2 is 2.54 bits per heavy atom. The van der Waals surface area contributed by atoms with E-state index in [0.29, 0.717) is 0 Å². The third-order valence-electron chi connectivity index (χ3n) is 2.82. The molecule has 1 aliphatic rings. The van der Waals surface area contributed by atoms with Gasteiger partial charge in [-0.15, -0.1) is 0 Å². The number of rotatable bonds is 2. The number of nitrogens with one attached hydrogen (secondary N) is 1. The molecule has 0 aromatic carbocycles. The van der Waals surface area contributed by atoms with E-state index in [2.05, 4.69) is 23.3 Å². The maximum atomic E-state index is 4.17. The van der Waals surface area contributed by atoms with Gasteiger partial charge in [0, 0.05) is 18.9 Å². The van der Waals surface area contributed by atoms with E-state index in [0.717, 1.165) is 25.4 Å². The minimum Gasteiger partial charge on any atom is -0.316 e. The second-order valence-corrected chi connectivity index (χ2v) is 3.62. The molecule has 0 saturated carbocycles. The zero-order valence-corrected chi connectivity index (χ0v) is 8.09. The highest BCUT2D eigenvalue weighted by molar-refractivity contribution is 5.28. The Morgan fingerprint density at radius 1 is 1.62 bits per heavy atom. The number of pyridine rings is 1. The van der Waals surface area contributed by atoms with Gasteiger partial charge in [-0.3, -0.25) is 4.98 Å². The van der Waals surface area contributed by atoms with Crippen LogP contribution in [0.3, 0.4) is 0 Å². The standard InChI is InChI=1S/C11H16N2/c1-2-9-7-13-6-4-11(9)10-3-5-12-8-10/h4,6-7,10,12H,2-3,5,8H2,1H3. The molecule has 1 fully saturated rings. The molecule has 0 amide bonds. The maximum absolute atomic E-state index is 4.17. The van der Waals surface area contributed by atoms with Gasteiger partial charge >= 0.3 is 0 Å². The van der Waals surface area contributed by atoms with Gasteiger partial charge in [0.05, 0.1) is 0 Å². The molecule has 0 aliphatic carbocycles. The van der Waals surface area contributed by atoms with Crippen LogP contribution in [0.2, 0.25) is 0 Å². The highest BCUT2D eigenvalue weighted by Crippen LogP contribution is 2.24. The van der Waals surface area contributed by atoms with Crippen molar-refractivity contribution in [2.75, 3.05) is 13.1 Å². The van der Waals surface area contributed by atoms with Crippen LogP contribution in [0.4, 0.5) is 0 Å². The first-order chi connectivity index (χ1) is 6.42. The van der Waals surface area contributed by atoms with Crippen LogP contribution in [0.25, 0.3) is 0 Å². The molecule has 1 aromatic rings. The quantitative estimate of drug-likeness (QED) is 0.742. The van der Waals surface area contributed by atoms with E-state index in [-0.39, 0.29) is 0 Å². The lowest BCUT2D eigenvalue weighted by Crippen LogP contribution is -2.09. The summed E-state index contributed by atoms with van der Waals surface area (Å²) in [7, 11) is 0. The monoisotopic (exact) mass is 176 g/mol. The summed E-state index contributed by atoms with van der Waals surface area (Å²) in [4.78, 5) is 4.17. The zero-order chi connectivity index (χ0) is 9.10. The van der Waals surface area contributed by atoms with Crippen LogP contribution < -0.4 is 5.32 Å². The average Bonchev–Trinajstić information content (AvgIpc) is 2.70. The average molecular weight is 176 g/mol. The van der Waals surface area contributed by atoms with Gasteiger partial charge in [-0.2, -0.15) is 0 Å². The summed E-state index contributed by atoms with van der Waals surface area (Å²) in [6, 6.07) is 2.18. The van der Waals surface area contributed by atoms with Gasteiger partial charge in [-0.05, 0) is 42.5 Å². The topological polar surface area (TPSA) is 24.9 Å². The predicted octanol–water partition coefficient (Wildman–Crippen LogP) is 1.72. The minimum atomic E-state index is 0.720. The van der Waals surface area contributed by atoms with Crippen LogP contribution in [0, 0.1) is 0 Å². The molecule has 70 valence electrons. The van der Waals surface area contributed by atoms with Crippen LogP contribution in [0.5, 0.6) is 0 Å². The lowest BCUT2D eigenvalue weighted by molar-refractivity contribution is 0.749. The van der Waals surface area contributed by atoms with E-state index < -0.39 is 0 Å². The molecule has 0 spiro atoms. The zero-order valence-electron chi connectivity index (χ0n) is 8.09. The molecule has 2 heteroatoms. The van der Waals surface area contributed by atoms with E-state index in [4.69, 9.17) is 0 Å². The summed E-state index contributed by atoms with van der Waals surface area (Å²) in [6.07, 6.45) is 6.29. The van der Waals surface area contributed by atoms with Crippen molar-refractivity contribution in [3.8, 4) is 0 Å². The lowest BCUT2D eigenvalue weighted by atomic mass is 9.94. The molecule has 1 aromatic heterocycles. The number of aromatic nitrogens is 1. The molecular formula is C11H16N2. The van der Waals surface area contributed by atoms with Gasteiger partial charge in [0.15, 0.2) is 0 Å². The Balaban J connectivity index is 2.26. The third kappa shape index (κ3) is 1.73. The molecule has 1 saturated heterocycles. The number of hydrogen-bond acceptors (Lipinski definition) is 2. The van der Waals surface area contributed by atoms with Crippen LogP contribution in [0.15, 0.2) is 18.5 Å². The smallest absolute Gasteiger partial charge is 0.0302 e. The largest absolute Gasteiger partial charge is 0.316 e. The summed E-state index contributed by atoms with van der Waals surface area (Å²) in [5, 5.41) is 3.40. The fourth-order valence-corrected chi connectivity index (χ4v) is 2.05. The van der Waals surface area contributed by atoms with Gasteiger partial charge in [-0.1, -0.05) is 6.92 Å². The van der Waals surface area contributed by atoms with E-state index in [1.165, 1.54) is 17.5 Å². The summed E-state index contributed by atoms with van der Waals surface area (Å²) < 4.78 is 0. The van der Waals surface area contributed by atoms with Crippen molar-refractivity contribution >= 4 is 0 Å². The summed E-state index contributed by atoms with van der Waals surface area (Å²) in [5.74, 6) is 0.720. The molecule has 1 N–H and O–H groups in total. The van der Waals surface area contributed by atoms with Crippen molar-refractivity contribution in [3.05, 3.63) is 29.6 Å². The summed E-state index contributed by atoms with van der Waals surface area (Å²) >= 11 is 0. The first kappa shape index (κ1) is 8.70. The Hall–Kier alpha value is -0.890. The van der Waals surface area contributed by atoms with Gasteiger partial charge in [0.25, 0.3) is 0 Å². The van der Waals surface area contributed by atoms with Crippen LogP contribution in [0.1, 0.15) is 30.4 Å². The normalized spacial score (nSPS) is 22.1. The van der Waals surface area contributed by atoms with E-state index in [1.807, 2.05) is 12.4 Å². The highest BCUT2D eigenvalue weighted by Gasteiger charge is 2.18. The molecule has 2 rings (SSSR count). The number of aryl methyl sites for hydroxylation is 1. The van der Waals surface area contributed by atoms with Crippen molar-refractivity contribution < 1.29 is 0 Å². The van der Waals surface area contributed by atoms with E-state index in [9.17, 15) is 0 Å². The Kier molecular flexibility index (Phi) is 2.60. The van der Waals surface area contributed by atoms with Gasteiger partial charge < -0.3 is 5.32 Å². The Morgan fingerprint density at radius 3 is 3.23 bits per heavy atom. The molecule has 0 radical (unpaired) electrons. The third-order valence-corrected chi connectivity index (χ3v) is 2.82. The SMILES string of the molecule is CCc1cnccc1C1CCNC1. The molecule has 1 unspecified atom stereocenters. The highest BCUT2D eigenvalue weighted by atomic mass is 14.9. The van der Waals surface area contributed by atoms with E-state index in [1.54, 1.807) is 0 Å². The van der Waals surface area contributed by atoms with Gasteiger partial charge in [-0.25, -0.2) is 0 Å². The Bertz CT molecular complexity index is 277. The number of nitrogens with zero attached hydrogens (tertiary/aromatic N) is 1. The predicted molar refractivity (Wildman–Crippen MR) is 53.8 cm³/mol.